The molecule has 2 aromatic rings. The second-order valence-corrected chi connectivity index (χ2v) is 4.68. The summed E-state index contributed by atoms with van der Waals surface area (Å²) in [4.78, 5) is 15.4. The molecule has 2 aromatic heterocycles. The lowest BCUT2D eigenvalue weighted by Crippen LogP contribution is -2.14. The number of amides is 1. The number of rotatable bonds is 4. The Hall–Kier alpha value is -2.38. The van der Waals surface area contributed by atoms with Crippen LogP contribution in [0.1, 0.15) is 35.7 Å². The number of halogens is 3. The minimum Gasteiger partial charge on any atom is -0.364 e. The number of nitrogens with zero attached hydrogens (tertiary/aromatic N) is 3. The summed E-state index contributed by atoms with van der Waals surface area (Å²) in [5, 5.41) is 3.56. The maximum absolute atomic E-state index is 12.8. The molecule has 1 amide bonds. The Morgan fingerprint density at radius 3 is 2.45 bits per heavy atom. The molecule has 0 spiro atoms. The fourth-order valence-electron chi connectivity index (χ4n) is 2.07. The summed E-state index contributed by atoms with van der Waals surface area (Å²) in [5.74, 6) is -0.727. The van der Waals surface area contributed by atoms with E-state index >= 15 is 0 Å². The van der Waals surface area contributed by atoms with Crippen molar-refractivity contribution in [3.05, 3.63) is 35.3 Å². The topological polar surface area (TPSA) is 73.8 Å². The minimum absolute atomic E-state index is 0.0201. The summed E-state index contributed by atoms with van der Waals surface area (Å²) in [7, 11) is 0. The van der Waals surface area contributed by atoms with Gasteiger partial charge in [-0.25, -0.2) is 4.98 Å². The van der Waals surface area contributed by atoms with Crippen molar-refractivity contribution in [3.8, 4) is 11.3 Å². The molecule has 0 saturated heterocycles. The highest BCUT2D eigenvalue weighted by atomic mass is 19.4. The first-order chi connectivity index (χ1) is 10.3. The lowest BCUT2D eigenvalue weighted by Gasteiger charge is -2.08. The predicted molar refractivity (Wildman–Crippen MR) is 74.0 cm³/mol. The van der Waals surface area contributed by atoms with Gasteiger partial charge in [0.1, 0.15) is 5.69 Å². The lowest BCUT2D eigenvalue weighted by molar-refractivity contribution is -0.141. The lowest BCUT2D eigenvalue weighted by atomic mass is 10.1. The van der Waals surface area contributed by atoms with Crippen LogP contribution in [0.15, 0.2) is 18.2 Å². The zero-order chi connectivity index (χ0) is 16.5. The van der Waals surface area contributed by atoms with Crippen LogP contribution >= 0.6 is 0 Å². The highest BCUT2D eigenvalue weighted by Crippen LogP contribution is 2.32. The molecular formula is C14H15F3N4O. The SMILES string of the molecule is CCc1cc(-c2cc(C(F)(F)F)nn2CC)cc(C(N)=O)n1. The Labute approximate surface area is 125 Å². The van der Waals surface area contributed by atoms with Crippen LogP contribution in [0.3, 0.4) is 0 Å². The molecule has 5 nitrogen and oxygen atoms in total. The largest absolute Gasteiger partial charge is 0.435 e. The molecule has 0 aliphatic rings. The van der Waals surface area contributed by atoms with Gasteiger partial charge in [-0.3, -0.25) is 9.48 Å². The normalized spacial score (nSPS) is 11.7. The number of hydrogen-bond donors (Lipinski definition) is 1. The van der Waals surface area contributed by atoms with E-state index in [0.29, 0.717) is 17.7 Å². The van der Waals surface area contributed by atoms with Gasteiger partial charge in [-0.2, -0.15) is 18.3 Å². The Morgan fingerprint density at radius 1 is 1.27 bits per heavy atom. The number of pyridine rings is 1. The average Bonchev–Trinajstić information content (AvgIpc) is 2.91. The van der Waals surface area contributed by atoms with Gasteiger partial charge in [-0.1, -0.05) is 6.92 Å². The maximum Gasteiger partial charge on any atom is 0.435 e. The van der Waals surface area contributed by atoms with Crippen LogP contribution in [0.4, 0.5) is 13.2 Å². The van der Waals surface area contributed by atoms with E-state index in [-0.39, 0.29) is 17.9 Å². The second-order valence-electron chi connectivity index (χ2n) is 4.68. The summed E-state index contributed by atoms with van der Waals surface area (Å²) >= 11 is 0. The molecule has 0 aliphatic carbocycles. The molecule has 0 atom stereocenters. The molecule has 2 heterocycles. The summed E-state index contributed by atoms with van der Waals surface area (Å²) in [5.41, 5.74) is 5.55. The first-order valence-corrected chi connectivity index (χ1v) is 6.72. The first-order valence-electron chi connectivity index (χ1n) is 6.72. The van der Waals surface area contributed by atoms with Gasteiger partial charge in [0.15, 0.2) is 5.69 Å². The third kappa shape index (κ3) is 3.10. The highest BCUT2D eigenvalue weighted by Gasteiger charge is 2.35. The smallest absolute Gasteiger partial charge is 0.364 e. The highest BCUT2D eigenvalue weighted by molar-refractivity contribution is 5.92. The van der Waals surface area contributed by atoms with Gasteiger partial charge < -0.3 is 5.73 Å². The molecule has 0 saturated carbocycles. The molecule has 8 heteroatoms. The molecule has 0 unspecified atom stereocenters. The van der Waals surface area contributed by atoms with E-state index in [2.05, 4.69) is 10.1 Å². The fraction of sp³-hybridized carbons (Fsp3) is 0.357. The van der Waals surface area contributed by atoms with Gasteiger partial charge in [0.25, 0.3) is 5.91 Å². The molecule has 2 N–H and O–H groups in total. The maximum atomic E-state index is 12.8. The van der Waals surface area contributed by atoms with Crippen LogP contribution in [0.2, 0.25) is 0 Å². The van der Waals surface area contributed by atoms with Crippen molar-refractivity contribution in [1.82, 2.24) is 14.8 Å². The Balaban J connectivity index is 2.62. The molecule has 2 rings (SSSR count). The van der Waals surface area contributed by atoms with E-state index in [9.17, 15) is 18.0 Å². The number of alkyl halides is 3. The minimum atomic E-state index is -4.53. The monoisotopic (exact) mass is 312 g/mol. The van der Waals surface area contributed by atoms with Gasteiger partial charge in [0, 0.05) is 17.8 Å². The van der Waals surface area contributed by atoms with Crippen LogP contribution in [-0.4, -0.2) is 20.7 Å². The zero-order valence-corrected chi connectivity index (χ0v) is 12.1. The van der Waals surface area contributed by atoms with Crippen molar-refractivity contribution >= 4 is 5.91 Å². The van der Waals surface area contributed by atoms with E-state index in [1.807, 2.05) is 6.92 Å². The fourth-order valence-corrected chi connectivity index (χ4v) is 2.07. The van der Waals surface area contributed by atoms with Crippen LogP contribution in [0.25, 0.3) is 11.3 Å². The molecule has 22 heavy (non-hydrogen) atoms. The van der Waals surface area contributed by atoms with Crippen molar-refractivity contribution in [1.29, 1.82) is 0 Å². The summed E-state index contributed by atoms with van der Waals surface area (Å²) in [6, 6.07) is 3.98. The van der Waals surface area contributed by atoms with Crippen molar-refractivity contribution in [2.75, 3.05) is 0 Å². The van der Waals surface area contributed by atoms with Crippen molar-refractivity contribution in [2.45, 2.75) is 33.0 Å². The van der Waals surface area contributed by atoms with E-state index in [1.165, 1.54) is 10.7 Å². The number of primary amides is 1. The van der Waals surface area contributed by atoms with Gasteiger partial charge in [0.2, 0.25) is 0 Å². The van der Waals surface area contributed by atoms with E-state index in [1.54, 1.807) is 13.0 Å². The Bertz CT molecular complexity index is 707. The van der Waals surface area contributed by atoms with Crippen LogP contribution < -0.4 is 5.73 Å². The molecule has 118 valence electrons. The second kappa shape index (κ2) is 5.78. The van der Waals surface area contributed by atoms with Crippen molar-refractivity contribution < 1.29 is 18.0 Å². The van der Waals surface area contributed by atoms with Gasteiger partial charge >= 0.3 is 6.18 Å². The van der Waals surface area contributed by atoms with E-state index in [4.69, 9.17) is 5.73 Å². The number of aromatic nitrogens is 3. The molecule has 0 aliphatic heterocycles. The molecule has 0 fully saturated rings. The summed E-state index contributed by atoms with van der Waals surface area (Å²) in [6.07, 6.45) is -4.00. The first kappa shape index (κ1) is 16.0. The number of carbonyl (C=O) groups is 1. The molecule has 0 aromatic carbocycles. The van der Waals surface area contributed by atoms with Crippen LogP contribution in [0, 0.1) is 0 Å². The van der Waals surface area contributed by atoms with Gasteiger partial charge in [-0.15, -0.1) is 0 Å². The zero-order valence-electron chi connectivity index (χ0n) is 12.1. The Morgan fingerprint density at radius 2 is 1.95 bits per heavy atom. The van der Waals surface area contributed by atoms with Gasteiger partial charge in [-0.05, 0) is 31.5 Å². The number of nitrogens with two attached hydrogens (primary N) is 1. The third-order valence-corrected chi connectivity index (χ3v) is 3.16. The molecule has 0 radical (unpaired) electrons. The van der Waals surface area contributed by atoms with E-state index < -0.39 is 17.8 Å². The standard InChI is InChI=1S/C14H15F3N4O/c1-3-9-5-8(6-10(19-9)13(18)22)11-7-12(14(15,16)17)20-21(11)4-2/h5-7H,3-4H2,1-2H3,(H2,18,22). The quantitative estimate of drug-likeness (QED) is 0.943. The number of carbonyl (C=O) groups excluding carboxylic acids is 1. The number of aryl methyl sites for hydroxylation is 2. The predicted octanol–water partition coefficient (Wildman–Crippen LogP) is 2.65. The summed E-state index contributed by atoms with van der Waals surface area (Å²) < 4.78 is 39.7. The van der Waals surface area contributed by atoms with Gasteiger partial charge in [0.05, 0.1) is 5.69 Å². The molecular weight excluding hydrogens is 297 g/mol. The van der Waals surface area contributed by atoms with E-state index in [0.717, 1.165) is 6.07 Å². The van der Waals surface area contributed by atoms with Crippen LogP contribution in [0.5, 0.6) is 0 Å². The molecule has 0 bridgehead atoms. The third-order valence-electron chi connectivity index (χ3n) is 3.16. The average molecular weight is 312 g/mol. The Kier molecular flexibility index (Phi) is 4.20. The van der Waals surface area contributed by atoms with Crippen LogP contribution in [-0.2, 0) is 19.1 Å². The number of hydrogen-bond acceptors (Lipinski definition) is 3. The van der Waals surface area contributed by atoms with Crippen molar-refractivity contribution in [2.24, 2.45) is 5.73 Å². The summed E-state index contributed by atoms with van der Waals surface area (Å²) in [6.45, 7) is 3.78. The van der Waals surface area contributed by atoms with Crippen molar-refractivity contribution in [3.63, 3.8) is 0 Å².